The van der Waals surface area contributed by atoms with Gasteiger partial charge in [0.25, 0.3) is 0 Å². The molecule has 7 nitrogen and oxygen atoms in total. The minimum Gasteiger partial charge on any atom is -0.474 e. The van der Waals surface area contributed by atoms with Crippen molar-refractivity contribution >= 4 is 11.9 Å². The summed E-state index contributed by atoms with van der Waals surface area (Å²) < 4.78 is 5.93. The summed E-state index contributed by atoms with van der Waals surface area (Å²) in [5.41, 5.74) is 6.44. The Balaban J connectivity index is 1.58. The minimum absolute atomic E-state index is 0.222. The molecule has 2 heterocycles. The molecule has 154 valence electrons. The molecule has 0 radical (unpaired) electrons. The largest absolute Gasteiger partial charge is 0.474 e. The van der Waals surface area contributed by atoms with Gasteiger partial charge >= 0.3 is 0 Å². The molecule has 1 saturated heterocycles. The Labute approximate surface area is 167 Å². The van der Waals surface area contributed by atoms with Gasteiger partial charge in [0, 0.05) is 38.3 Å². The summed E-state index contributed by atoms with van der Waals surface area (Å²) in [6, 6.07) is 3.98. The zero-order valence-corrected chi connectivity index (χ0v) is 16.9. The fourth-order valence-corrected chi connectivity index (χ4v) is 4.05. The van der Waals surface area contributed by atoms with Crippen molar-refractivity contribution in [1.82, 2.24) is 15.2 Å². The van der Waals surface area contributed by atoms with E-state index in [0.717, 1.165) is 56.8 Å². The monoisotopic (exact) mass is 387 g/mol. The molecule has 1 saturated carbocycles. The highest BCUT2D eigenvalue weighted by Gasteiger charge is 2.23. The highest BCUT2D eigenvalue weighted by molar-refractivity contribution is 5.80. The molecule has 0 spiro atoms. The molecule has 3 rings (SSSR count). The van der Waals surface area contributed by atoms with Gasteiger partial charge in [-0.15, -0.1) is 0 Å². The van der Waals surface area contributed by atoms with Crippen LogP contribution < -0.4 is 15.8 Å². The number of amides is 1. The van der Waals surface area contributed by atoms with Crippen molar-refractivity contribution in [1.29, 1.82) is 0 Å². The van der Waals surface area contributed by atoms with E-state index in [9.17, 15) is 4.79 Å². The van der Waals surface area contributed by atoms with Gasteiger partial charge in [0.05, 0.1) is 6.54 Å². The third-order valence-corrected chi connectivity index (χ3v) is 5.44. The van der Waals surface area contributed by atoms with E-state index in [-0.39, 0.29) is 5.91 Å². The number of primary amides is 1. The number of ether oxygens (including phenoxy) is 1. The SMILES string of the molecule is CCNC(=NCc1ccc(OC2CCCC2)nc1)N1CCCC(CC(N)=O)C1. The summed E-state index contributed by atoms with van der Waals surface area (Å²) >= 11 is 0. The van der Waals surface area contributed by atoms with Crippen molar-refractivity contribution in [2.75, 3.05) is 19.6 Å². The molecule has 1 aliphatic heterocycles. The van der Waals surface area contributed by atoms with Crippen LogP contribution in [0.3, 0.4) is 0 Å². The lowest BCUT2D eigenvalue weighted by molar-refractivity contribution is -0.119. The van der Waals surface area contributed by atoms with E-state index in [2.05, 4.69) is 22.1 Å². The first-order valence-electron chi connectivity index (χ1n) is 10.6. The van der Waals surface area contributed by atoms with Gasteiger partial charge in [0.1, 0.15) is 6.10 Å². The number of hydrogen-bond donors (Lipinski definition) is 2. The maximum absolute atomic E-state index is 11.3. The van der Waals surface area contributed by atoms with Crippen LogP contribution in [0, 0.1) is 5.92 Å². The molecular formula is C21H33N5O2. The topological polar surface area (TPSA) is 92.8 Å². The van der Waals surface area contributed by atoms with Crippen molar-refractivity contribution in [2.24, 2.45) is 16.6 Å². The lowest BCUT2D eigenvalue weighted by Crippen LogP contribution is -2.47. The number of likely N-dealkylation sites (tertiary alicyclic amines) is 1. The smallest absolute Gasteiger partial charge is 0.217 e. The zero-order chi connectivity index (χ0) is 19.8. The molecule has 2 fully saturated rings. The molecule has 0 bridgehead atoms. The molecule has 2 aliphatic rings. The number of nitrogens with zero attached hydrogens (tertiary/aromatic N) is 3. The second-order valence-corrected chi connectivity index (χ2v) is 7.82. The fourth-order valence-electron chi connectivity index (χ4n) is 4.05. The molecule has 28 heavy (non-hydrogen) atoms. The van der Waals surface area contributed by atoms with Crippen LogP contribution >= 0.6 is 0 Å². The van der Waals surface area contributed by atoms with E-state index in [1.165, 1.54) is 12.8 Å². The first-order chi connectivity index (χ1) is 13.6. The van der Waals surface area contributed by atoms with Crippen molar-refractivity contribution in [2.45, 2.75) is 64.5 Å². The number of aliphatic imine (C=N–C) groups is 1. The van der Waals surface area contributed by atoms with Crippen LogP contribution in [0.25, 0.3) is 0 Å². The van der Waals surface area contributed by atoms with Crippen LogP contribution in [0.4, 0.5) is 0 Å². The maximum atomic E-state index is 11.3. The summed E-state index contributed by atoms with van der Waals surface area (Å²) in [5.74, 6) is 1.68. The van der Waals surface area contributed by atoms with Crippen LogP contribution in [0.5, 0.6) is 5.88 Å². The number of piperidine rings is 1. The van der Waals surface area contributed by atoms with E-state index >= 15 is 0 Å². The van der Waals surface area contributed by atoms with Crippen molar-refractivity contribution in [3.63, 3.8) is 0 Å². The summed E-state index contributed by atoms with van der Waals surface area (Å²) in [6.45, 7) is 5.21. The number of hydrogen-bond acceptors (Lipinski definition) is 4. The van der Waals surface area contributed by atoms with Gasteiger partial charge in [-0.2, -0.15) is 0 Å². The fraction of sp³-hybridized carbons (Fsp3) is 0.667. The Morgan fingerprint density at radius 2 is 2.14 bits per heavy atom. The summed E-state index contributed by atoms with van der Waals surface area (Å²) in [5, 5.41) is 3.37. The molecular weight excluding hydrogens is 354 g/mol. The molecule has 1 aromatic heterocycles. The highest BCUT2D eigenvalue weighted by Crippen LogP contribution is 2.23. The summed E-state index contributed by atoms with van der Waals surface area (Å²) in [6.07, 6.45) is 9.49. The molecule has 1 aromatic rings. The summed E-state index contributed by atoms with van der Waals surface area (Å²) in [4.78, 5) is 22.7. The zero-order valence-electron chi connectivity index (χ0n) is 16.9. The van der Waals surface area contributed by atoms with Crippen molar-refractivity contribution in [3.05, 3.63) is 23.9 Å². The van der Waals surface area contributed by atoms with Crippen molar-refractivity contribution in [3.8, 4) is 5.88 Å². The molecule has 1 aliphatic carbocycles. The molecule has 3 N–H and O–H groups in total. The lowest BCUT2D eigenvalue weighted by Gasteiger charge is -2.34. The molecule has 1 amide bonds. The number of nitrogens with one attached hydrogen (secondary N) is 1. The second kappa shape index (κ2) is 10.3. The first kappa shape index (κ1) is 20.4. The number of aromatic nitrogens is 1. The van der Waals surface area contributed by atoms with Gasteiger partial charge < -0.3 is 20.7 Å². The minimum atomic E-state index is -0.222. The van der Waals surface area contributed by atoms with Gasteiger partial charge in [0.15, 0.2) is 5.96 Å². The van der Waals surface area contributed by atoms with Gasteiger partial charge in [-0.05, 0) is 56.9 Å². The van der Waals surface area contributed by atoms with Gasteiger partial charge in [-0.3, -0.25) is 4.79 Å². The van der Waals surface area contributed by atoms with Crippen LogP contribution in [0.15, 0.2) is 23.3 Å². The number of guanidine groups is 1. The predicted molar refractivity (Wildman–Crippen MR) is 110 cm³/mol. The Morgan fingerprint density at radius 1 is 1.32 bits per heavy atom. The number of rotatable bonds is 7. The van der Waals surface area contributed by atoms with Crippen LogP contribution in [0.2, 0.25) is 0 Å². The van der Waals surface area contributed by atoms with Gasteiger partial charge in [-0.1, -0.05) is 6.07 Å². The standard InChI is InChI=1S/C21H33N5O2/c1-2-23-21(26-11-5-6-16(15-26)12-19(22)27)25-14-17-9-10-20(24-13-17)28-18-7-3-4-8-18/h9-10,13,16,18H,2-8,11-12,14-15H2,1H3,(H2,22,27)(H,23,25). The normalized spacial score (nSPS) is 21.0. The number of carbonyl (C=O) groups is 1. The van der Waals surface area contributed by atoms with E-state index in [1.807, 2.05) is 18.3 Å². The lowest BCUT2D eigenvalue weighted by atomic mass is 9.95. The number of pyridine rings is 1. The van der Waals surface area contributed by atoms with Gasteiger partial charge in [-0.25, -0.2) is 9.98 Å². The molecule has 1 unspecified atom stereocenters. The Bertz CT molecular complexity index is 655. The van der Waals surface area contributed by atoms with Crippen molar-refractivity contribution < 1.29 is 9.53 Å². The Hall–Kier alpha value is -2.31. The third-order valence-electron chi connectivity index (χ3n) is 5.44. The number of nitrogens with two attached hydrogens (primary N) is 1. The molecule has 0 aromatic carbocycles. The maximum Gasteiger partial charge on any atom is 0.217 e. The van der Waals surface area contributed by atoms with Crippen LogP contribution in [0.1, 0.15) is 57.4 Å². The average Bonchev–Trinajstić information content (AvgIpc) is 3.19. The van der Waals surface area contributed by atoms with E-state index in [1.54, 1.807) is 0 Å². The van der Waals surface area contributed by atoms with Gasteiger partial charge in [0.2, 0.25) is 11.8 Å². The second-order valence-electron chi connectivity index (χ2n) is 7.82. The first-order valence-corrected chi connectivity index (χ1v) is 10.6. The van der Waals surface area contributed by atoms with E-state index in [4.69, 9.17) is 15.5 Å². The highest BCUT2D eigenvalue weighted by atomic mass is 16.5. The molecule has 1 atom stereocenters. The Morgan fingerprint density at radius 3 is 2.82 bits per heavy atom. The quantitative estimate of drug-likeness (QED) is 0.554. The molecule has 7 heteroatoms. The Kier molecular flexibility index (Phi) is 7.51. The van der Waals surface area contributed by atoms with E-state index < -0.39 is 0 Å². The van der Waals surface area contributed by atoms with E-state index in [0.29, 0.717) is 30.9 Å². The van der Waals surface area contributed by atoms with Crippen LogP contribution in [-0.2, 0) is 11.3 Å². The third kappa shape index (κ3) is 6.11. The number of carbonyl (C=O) groups excluding carboxylic acids is 1. The summed E-state index contributed by atoms with van der Waals surface area (Å²) in [7, 11) is 0. The van der Waals surface area contributed by atoms with Crippen LogP contribution in [-0.4, -0.2) is 47.5 Å². The average molecular weight is 388 g/mol. The predicted octanol–water partition coefficient (Wildman–Crippen LogP) is 2.46.